The molecule has 0 amide bonds. The topological polar surface area (TPSA) is 56.3 Å². The summed E-state index contributed by atoms with van der Waals surface area (Å²) in [6, 6.07) is 8.75. The number of rotatable bonds is 3. The number of aliphatic carboxylic acids is 1. The Balaban J connectivity index is 1.88. The molecule has 0 radical (unpaired) electrons. The lowest BCUT2D eigenvalue weighted by atomic mass is 9.96. The van der Waals surface area contributed by atoms with Crippen LogP contribution in [0, 0.1) is 5.92 Å². The van der Waals surface area contributed by atoms with Crippen LogP contribution >= 0.6 is 0 Å². The zero-order chi connectivity index (χ0) is 14.3. The van der Waals surface area contributed by atoms with Crippen molar-refractivity contribution in [1.82, 2.24) is 9.88 Å². The molecule has 1 aromatic heterocycles. The number of carbonyl (C=O) groups is 1. The van der Waals surface area contributed by atoms with Crippen molar-refractivity contribution in [3.05, 3.63) is 35.5 Å². The highest BCUT2D eigenvalue weighted by Gasteiger charge is 2.28. The van der Waals surface area contributed by atoms with E-state index in [1.54, 1.807) is 6.92 Å². The number of hydrogen-bond donors (Lipinski definition) is 2. The lowest BCUT2D eigenvalue weighted by molar-refractivity contribution is -0.142. The van der Waals surface area contributed by atoms with Crippen LogP contribution in [0.1, 0.15) is 25.1 Å². The molecule has 1 aliphatic heterocycles. The third-order valence-corrected chi connectivity index (χ3v) is 4.32. The van der Waals surface area contributed by atoms with Crippen molar-refractivity contribution in [3.8, 4) is 0 Å². The number of fused-ring (bicyclic) bond motifs is 3. The second kappa shape index (κ2) is 4.94. The summed E-state index contributed by atoms with van der Waals surface area (Å²) in [5, 5.41) is 10.4. The number of aromatic nitrogens is 1. The molecule has 0 fully saturated rings. The molecule has 4 heteroatoms. The number of nitrogens with one attached hydrogen (secondary N) is 1. The van der Waals surface area contributed by atoms with Gasteiger partial charge in [-0.15, -0.1) is 0 Å². The van der Waals surface area contributed by atoms with Crippen LogP contribution < -0.4 is 0 Å². The molecule has 0 bridgehead atoms. The molecule has 0 spiro atoms. The molecule has 0 aliphatic carbocycles. The van der Waals surface area contributed by atoms with Crippen LogP contribution in [0.4, 0.5) is 0 Å². The second-order valence-corrected chi connectivity index (χ2v) is 5.85. The van der Waals surface area contributed by atoms with Gasteiger partial charge in [-0.2, -0.15) is 0 Å². The molecule has 1 aromatic carbocycles. The summed E-state index contributed by atoms with van der Waals surface area (Å²) in [4.78, 5) is 16.8. The first kappa shape index (κ1) is 13.2. The van der Waals surface area contributed by atoms with Crippen molar-refractivity contribution < 1.29 is 9.90 Å². The van der Waals surface area contributed by atoms with E-state index < -0.39 is 5.97 Å². The van der Waals surface area contributed by atoms with E-state index in [0.717, 1.165) is 13.0 Å². The molecule has 0 saturated heterocycles. The number of carboxylic acids is 1. The third-order valence-electron chi connectivity index (χ3n) is 4.32. The maximum atomic E-state index is 11.0. The molecule has 2 heterocycles. The Morgan fingerprint density at radius 3 is 3.00 bits per heavy atom. The van der Waals surface area contributed by atoms with Gasteiger partial charge in [0.1, 0.15) is 0 Å². The van der Waals surface area contributed by atoms with E-state index in [2.05, 4.69) is 35.0 Å². The van der Waals surface area contributed by atoms with E-state index in [0.29, 0.717) is 12.6 Å². The maximum absolute atomic E-state index is 11.0. The minimum Gasteiger partial charge on any atom is -0.481 e. The molecule has 1 unspecified atom stereocenters. The molecule has 4 nitrogen and oxygen atoms in total. The van der Waals surface area contributed by atoms with E-state index in [1.807, 2.05) is 6.07 Å². The van der Waals surface area contributed by atoms with Gasteiger partial charge in [0, 0.05) is 35.7 Å². The van der Waals surface area contributed by atoms with Gasteiger partial charge in [0.2, 0.25) is 0 Å². The van der Waals surface area contributed by atoms with Crippen molar-refractivity contribution in [1.29, 1.82) is 0 Å². The van der Waals surface area contributed by atoms with Gasteiger partial charge in [0.15, 0.2) is 0 Å². The van der Waals surface area contributed by atoms with Gasteiger partial charge in [-0.25, -0.2) is 0 Å². The van der Waals surface area contributed by atoms with Crippen molar-refractivity contribution in [2.45, 2.75) is 32.9 Å². The van der Waals surface area contributed by atoms with Crippen LogP contribution in [-0.2, 0) is 17.8 Å². The van der Waals surface area contributed by atoms with Gasteiger partial charge in [-0.1, -0.05) is 25.1 Å². The van der Waals surface area contributed by atoms with Crippen molar-refractivity contribution >= 4 is 16.9 Å². The summed E-state index contributed by atoms with van der Waals surface area (Å²) in [6.45, 7) is 5.36. The SMILES string of the molecule is CC(CN1Cc2[nH]c3ccccc3c2C[C@H]1C)C(=O)O. The minimum atomic E-state index is -0.723. The average molecular weight is 272 g/mol. The fourth-order valence-electron chi connectivity index (χ4n) is 3.08. The molecule has 20 heavy (non-hydrogen) atoms. The van der Waals surface area contributed by atoms with Gasteiger partial charge < -0.3 is 10.1 Å². The normalized spacial score (nSPS) is 20.8. The minimum absolute atomic E-state index is 0.330. The maximum Gasteiger partial charge on any atom is 0.307 e. The number of hydrogen-bond acceptors (Lipinski definition) is 2. The van der Waals surface area contributed by atoms with E-state index >= 15 is 0 Å². The largest absolute Gasteiger partial charge is 0.481 e. The number of para-hydroxylation sites is 1. The molecule has 1 aliphatic rings. The Bertz CT molecular complexity index is 647. The van der Waals surface area contributed by atoms with Crippen LogP contribution in [0.15, 0.2) is 24.3 Å². The van der Waals surface area contributed by atoms with E-state index in [4.69, 9.17) is 5.11 Å². The van der Waals surface area contributed by atoms with Gasteiger partial charge in [0.25, 0.3) is 0 Å². The Kier molecular flexibility index (Phi) is 3.26. The monoisotopic (exact) mass is 272 g/mol. The van der Waals surface area contributed by atoms with E-state index in [9.17, 15) is 4.79 Å². The third kappa shape index (κ3) is 2.20. The summed E-state index contributed by atoms with van der Waals surface area (Å²) in [7, 11) is 0. The number of benzene rings is 1. The van der Waals surface area contributed by atoms with Crippen molar-refractivity contribution in [3.63, 3.8) is 0 Å². The molecular formula is C16H20N2O2. The lowest BCUT2D eigenvalue weighted by Crippen LogP contribution is -2.42. The Morgan fingerprint density at radius 1 is 1.50 bits per heavy atom. The smallest absolute Gasteiger partial charge is 0.307 e. The fraction of sp³-hybridized carbons (Fsp3) is 0.438. The van der Waals surface area contributed by atoms with Gasteiger partial charge in [-0.3, -0.25) is 9.69 Å². The molecule has 106 valence electrons. The standard InChI is InChI=1S/C16H20N2O2/c1-10(16(19)20)8-18-9-15-13(7-11(18)2)12-5-3-4-6-14(12)17-15/h3-6,10-11,17H,7-9H2,1-2H3,(H,19,20)/t10?,11-/m1/s1. The van der Waals surface area contributed by atoms with E-state index in [1.165, 1.54) is 22.2 Å². The quantitative estimate of drug-likeness (QED) is 0.903. The fourth-order valence-corrected chi connectivity index (χ4v) is 3.08. The van der Waals surface area contributed by atoms with Crippen LogP contribution in [0.3, 0.4) is 0 Å². The summed E-state index contributed by atoms with van der Waals surface area (Å²) in [6.07, 6.45) is 0.978. The van der Waals surface area contributed by atoms with Crippen molar-refractivity contribution in [2.24, 2.45) is 5.92 Å². The van der Waals surface area contributed by atoms with Gasteiger partial charge in [0.05, 0.1) is 5.92 Å². The summed E-state index contributed by atoms with van der Waals surface area (Å²) in [5.74, 6) is -1.05. The Morgan fingerprint density at radius 2 is 2.25 bits per heavy atom. The van der Waals surface area contributed by atoms with Gasteiger partial charge >= 0.3 is 5.97 Å². The van der Waals surface area contributed by atoms with Crippen LogP contribution in [-0.4, -0.2) is 33.5 Å². The van der Waals surface area contributed by atoms with Crippen LogP contribution in [0.5, 0.6) is 0 Å². The first-order valence-electron chi connectivity index (χ1n) is 7.11. The number of aromatic amines is 1. The predicted molar refractivity (Wildman–Crippen MR) is 78.7 cm³/mol. The number of H-pyrrole nitrogens is 1. The first-order chi connectivity index (χ1) is 9.56. The van der Waals surface area contributed by atoms with Crippen LogP contribution in [0.2, 0.25) is 0 Å². The highest BCUT2D eigenvalue weighted by Crippen LogP contribution is 2.30. The molecule has 2 N–H and O–H groups in total. The number of carboxylic acid groups (broad SMARTS) is 1. The number of nitrogens with zero attached hydrogens (tertiary/aromatic N) is 1. The molecular weight excluding hydrogens is 252 g/mol. The lowest BCUT2D eigenvalue weighted by Gasteiger charge is -2.34. The molecule has 2 atom stereocenters. The van der Waals surface area contributed by atoms with Gasteiger partial charge in [-0.05, 0) is 25.0 Å². The summed E-state index contributed by atoms with van der Waals surface area (Å²) in [5.41, 5.74) is 3.81. The highest BCUT2D eigenvalue weighted by atomic mass is 16.4. The average Bonchev–Trinajstić information content (AvgIpc) is 2.76. The molecule has 2 aromatic rings. The molecule has 0 saturated carbocycles. The molecule has 3 rings (SSSR count). The highest BCUT2D eigenvalue weighted by molar-refractivity contribution is 5.84. The zero-order valence-electron chi connectivity index (χ0n) is 11.9. The predicted octanol–water partition coefficient (Wildman–Crippen LogP) is 2.64. The second-order valence-electron chi connectivity index (χ2n) is 5.85. The Hall–Kier alpha value is -1.81. The Labute approximate surface area is 118 Å². The summed E-state index contributed by atoms with van der Waals surface area (Å²) >= 11 is 0. The van der Waals surface area contributed by atoms with Crippen LogP contribution in [0.25, 0.3) is 10.9 Å². The zero-order valence-corrected chi connectivity index (χ0v) is 11.9. The van der Waals surface area contributed by atoms with Crippen molar-refractivity contribution in [2.75, 3.05) is 6.54 Å². The first-order valence-corrected chi connectivity index (χ1v) is 7.11. The summed E-state index contributed by atoms with van der Waals surface area (Å²) < 4.78 is 0. The van der Waals surface area contributed by atoms with E-state index in [-0.39, 0.29) is 5.92 Å².